The quantitative estimate of drug-likeness (QED) is 0.0587. The molecule has 0 fully saturated rings. The molecule has 6 rings (SSSR count). The van der Waals surface area contributed by atoms with E-state index >= 15 is 0 Å². The SMILES string of the molecule is O=C(O)c1ccc(NC(=O)c2ccc(NC(=O)c3cc(C(=O)Nc4ccc(C(=O)O)cc4)cc(C(=O)Nc4ccc(C(=O)Nc5ccc(C(=O)O)cc5)cc4)c3)cc2)cc1. The lowest BCUT2D eigenvalue weighted by molar-refractivity contribution is 0.0686. The number of rotatable bonds is 13. The van der Waals surface area contributed by atoms with Crippen LogP contribution < -0.4 is 26.6 Å². The van der Waals surface area contributed by atoms with Gasteiger partial charge in [0.15, 0.2) is 0 Å². The van der Waals surface area contributed by atoms with E-state index in [4.69, 9.17) is 10.2 Å². The van der Waals surface area contributed by atoms with Crippen molar-refractivity contribution in [3.05, 3.63) is 184 Å². The van der Waals surface area contributed by atoms with Crippen LogP contribution in [0.15, 0.2) is 140 Å². The Morgan fingerprint density at radius 2 is 0.417 bits per heavy atom. The van der Waals surface area contributed by atoms with Crippen LogP contribution in [0.1, 0.15) is 82.9 Å². The van der Waals surface area contributed by atoms with Gasteiger partial charge in [-0.15, -0.1) is 0 Å². The van der Waals surface area contributed by atoms with Crippen molar-refractivity contribution < 1.29 is 53.7 Å². The molecule has 0 bridgehead atoms. The number of benzene rings is 6. The molecule has 6 aromatic carbocycles. The lowest BCUT2D eigenvalue weighted by atomic mass is 10.0. The average Bonchev–Trinajstić information content (AvgIpc) is 3.24. The van der Waals surface area contributed by atoms with Crippen molar-refractivity contribution in [2.24, 2.45) is 0 Å². The molecule has 0 unspecified atom stereocenters. The second-order valence-electron chi connectivity index (χ2n) is 12.9. The van der Waals surface area contributed by atoms with E-state index in [2.05, 4.69) is 26.6 Å². The Labute approximate surface area is 339 Å². The highest BCUT2D eigenvalue weighted by Gasteiger charge is 2.19. The van der Waals surface area contributed by atoms with Crippen molar-refractivity contribution in [2.45, 2.75) is 0 Å². The lowest BCUT2D eigenvalue weighted by Crippen LogP contribution is -2.19. The van der Waals surface area contributed by atoms with Gasteiger partial charge in [-0.3, -0.25) is 24.0 Å². The van der Waals surface area contributed by atoms with E-state index in [0.717, 1.165) is 0 Å². The molecular weight excluding hydrogens is 775 g/mol. The van der Waals surface area contributed by atoms with E-state index in [1.165, 1.54) is 140 Å². The van der Waals surface area contributed by atoms with Crippen LogP contribution in [0.25, 0.3) is 0 Å². The van der Waals surface area contributed by atoms with Crippen LogP contribution >= 0.6 is 0 Å². The summed E-state index contributed by atoms with van der Waals surface area (Å²) in [5.74, 6) is -6.52. The summed E-state index contributed by atoms with van der Waals surface area (Å²) < 4.78 is 0. The van der Waals surface area contributed by atoms with Gasteiger partial charge >= 0.3 is 17.9 Å². The van der Waals surface area contributed by atoms with Crippen molar-refractivity contribution >= 4 is 75.9 Å². The molecule has 0 aliphatic rings. The lowest BCUT2D eigenvalue weighted by Gasteiger charge is -2.12. The fraction of sp³-hybridized carbons (Fsp3) is 0. The summed E-state index contributed by atoms with van der Waals surface area (Å²) in [6, 6.07) is 31.9. The van der Waals surface area contributed by atoms with E-state index in [9.17, 15) is 43.5 Å². The molecular formula is C44H31N5O11. The first-order chi connectivity index (χ1) is 28.7. The molecule has 298 valence electrons. The molecule has 0 atom stereocenters. The Bertz CT molecular complexity index is 2510. The van der Waals surface area contributed by atoms with Crippen LogP contribution in [0.2, 0.25) is 0 Å². The van der Waals surface area contributed by atoms with Crippen LogP contribution in [-0.4, -0.2) is 62.8 Å². The standard InChI is InChI=1S/C44H31N5O11/c50-37(45-34-15-5-26(6-16-34)42(55)56)24-1-11-32(12-2-24)47-39(52)29-21-30(23-31(22-29)41(54)49-36-19-9-28(10-20-36)44(59)60)40(53)48-33-13-3-25(4-14-33)38(51)46-35-17-7-27(8-18-35)43(57)58/h1-23H,(H,45,50)(H,46,51)(H,47,52)(H,48,53)(H,49,54)(H,55,56)(H,57,58)(H,59,60). The Balaban J connectivity index is 1.18. The number of hydrogen-bond donors (Lipinski definition) is 8. The Kier molecular flexibility index (Phi) is 12.2. The summed E-state index contributed by atoms with van der Waals surface area (Å²) in [4.78, 5) is 99.7. The fourth-order valence-electron chi connectivity index (χ4n) is 5.54. The highest BCUT2D eigenvalue weighted by Crippen LogP contribution is 2.21. The van der Waals surface area contributed by atoms with Gasteiger partial charge < -0.3 is 41.9 Å². The van der Waals surface area contributed by atoms with Crippen LogP contribution in [0, 0.1) is 0 Å². The molecule has 0 saturated heterocycles. The zero-order valence-corrected chi connectivity index (χ0v) is 30.9. The summed E-state index contributed by atoms with van der Waals surface area (Å²) in [6.07, 6.45) is 0. The minimum atomic E-state index is -1.16. The first-order valence-corrected chi connectivity index (χ1v) is 17.6. The van der Waals surface area contributed by atoms with Crippen molar-refractivity contribution in [3.8, 4) is 0 Å². The minimum absolute atomic E-state index is 0.00695. The van der Waals surface area contributed by atoms with Gasteiger partial charge in [-0.2, -0.15) is 0 Å². The molecule has 60 heavy (non-hydrogen) atoms. The number of carboxylic acid groups (broad SMARTS) is 3. The second-order valence-corrected chi connectivity index (χ2v) is 12.9. The number of carboxylic acids is 3. The van der Waals surface area contributed by atoms with Crippen molar-refractivity contribution in [3.63, 3.8) is 0 Å². The van der Waals surface area contributed by atoms with Gasteiger partial charge in [-0.25, -0.2) is 14.4 Å². The highest BCUT2D eigenvalue weighted by molar-refractivity contribution is 6.13. The zero-order chi connectivity index (χ0) is 42.9. The Morgan fingerprint density at radius 3 is 0.600 bits per heavy atom. The van der Waals surface area contributed by atoms with Crippen molar-refractivity contribution in [1.82, 2.24) is 0 Å². The Morgan fingerprint density at radius 1 is 0.250 bits per heavy atom. The van der Waals surface area contributed by atoms with Crippen LogP contribution in [-0.2, 0) is 0 Å². The molecule has 0 radical (unpaired) electrons. The zero-order valence-electron chi connectivity index (χ0n) is 30.9. The summed E-state index contributed by atoms with van der Waals surface area (Å²) >= 11 is 0. The number of anilines is 5. The van der Waals surface area contributed by atoms with Crippen molar-refractivity contribution in [2.75, 3.05) is 26.6 Å². The average molecular weight is 806 g/mol. The Hall–Kier alpha value is -8.92. The number of carbonyl (C=O) groups is 8. The van der Waals surface area contributed by atoms with Gasteiger partial charge in [0.1, 0.15) is 0 Å². The maximum Gasteiger partial charge on any atom is 0.335 e. The molecule has 0 spiro atoms. The minimum Gasteiger partial charge on any atom is -0.478 e. The van der Waals surface area contributed by atoms with E-state index in [1.54, 1.807) is 0 Å². The normalized spacial score (nSPS) is 10.4. The first kappa shape index (κ1) is 40.7. The number of hydrogen-bond acceptors (Lipinski definition) is 8. The van der Waals surface area contributed by atoms with Crippen LogP contribution in [0.5, 0.6) is 0 Å². The maximum absolute atomic E-state index is 13.6. The number of carbonyl (C=O) groups excluding carboxylic acids is 5. The maximum atomic E-state index is 13.6. The van der Waals surface area contributed by atoms with Gasteiger partial charge in [-0.05, 0) is 140 Å². The predicted molar refractivity (Wildman–Crippen MR) is 219 cm³/mol. The van der Waals surface area contributed by atoms with Gasteiger partial charge in [0.25, 0.3) is 29.5 Å². The van der Waals surface area contributed by atoms with E-state index in [-0.39, 0.29) is 61.6 Å². The van der Waals surface area contributed by atoms with Gasteiger partial charge in [0.2, 0.25) is 0 Å². The third kappa shape index (κ3) is 10.3. The molecule has 16 heteroatoms. The fourth-order valence-corrected chi connectivity index (χ4v) is 5.54. The summed E-state index contributed by atoms with van der Waals surface area (Å²) in [5.41, 5.74) is 1.79. The summed E-state index contributed by atoms with van der Waals surface area (Å²) in [6.45, 7) is 0. The van der Waals surface area contributed by atoms with Gasteiger partial charge in [0, 0.05) is 56.3 Å². The summed E-state index contributed by atoms with van der Waals surface area (Å²) in [5, 5.41) is 40.6. The molecule has 0 saturated carbocycles. The molecule has 8 N–H and O–H groups in total. The molecule has 0 heterocycles. The third-order valence-electron chi connectivity index (χ3n) is 8.70. The van der Waals surface area contributed by atoms with E-state index < -0.39 is 47.4 Å². The molecule has 0 aromatic heterocycles. The number of amides is 5. The summed E-state index contributed by atoms with van der Waals surface area (Å²) in [7, 11) is 0. The number of nitrogens with one attached hydrogen (secondary N) is 5. The van der Waals surface area contributed by atoms with Gasteiger partial charge in [-0.1, -0.05) is 0 Å². The van der Waals surface area contributed by atoms with E-state index in [0.29, 0.717) is 11.4 Å². The first-order valence-electron chi connectivity index (χ1n) is 17.6. The monoisotopic (exact) mass is 805 g/mol. The molecule has 0 aliphatic carbocycles. The topological polar surface area (TPSA) is 257 Å². The molecule has 5 amide bonds. The largest absolute Gasteiger partial charge is 0.478 e. The molecule has 16 nitrogen and oxygen atoms in total. The third-order valence-corrected chi connectivity index (χ3v) is 8.70. The second kappa shape index (κ2) is 17.9. The molecule has 6 aromatic rings. The van der Waals surface area contributed by atoms with Crippen LogP contribution in [0.4, 0.5) is 28.4 Å². The van der Waals surface area contributed by atoms with E-state index in [1.807, 2.05) is 0 Å². The van der Waals surface area contributed by atoms with Crippen molar-refractivity contribution in [1.29, 1.82) is 0 Å². The molecule has 0 aliphatic heterocycles. The predicted octanol–water partition coefficient (Wildman–Crippen LogP) is 7.04. The number of aromatic carboxylic acids is 3. The smallest absolute Gasteiger partial charge is 0.335 e. The highest BCUT2D eigenvalue weighted by atomic mass is 16.4. The van der Waals surface area contributed by atoms with Gasteiger partial charge in [0.05, 0.1) is 16.7 Å². The van der Waals surface area contributed by atoms with Crippen LogP contribution in [0.3, 0.4) is 0 Å².